The third-order valence-electron chi connectivity index (χ3n) is 3.35. The highest BCUT2D eigenvalue weighted by atomic mass is 19.1. The number of benzene rings is 2. The van der Waals surface area contributed by atoms with E-state index >= 15 is 0 Å². The molecule has 0 bridgehead atoms. The summed E-state index contributed by atoms with van der Waals surface area (Å²) in [6, 6.07) is 6.96. The van der Waals surface area contributed by atoms with Crippen LogP contribution >= 0.6 is 0 Å². The van der Waals surface area contributed by atoms with Crippen LogP contribution in [0, 0.1) is 17.5 Å². The highest BCUT2D eigenvalue weighted by Crippen LogP contribution is 2.41. The predicted molar refractivity (Wildman–Crippen MR) is 65.7 cm³/mol. The van der Waals surface area contributed by atoms with Gasteiger partial charge in [0.05, 0.1) is 6.10 Å². The van der Waals surface area contributed by atoms with Gasteiger partial charge in [0.1, 0.15) is 29.3 Å². The Hall–Kier alpha value is -2.01. The van der Waals surface area contributed by atoms with E-state index in [4.69, 9.17) is 4.74 Å². The molecule has 2 nitrogen and oxygen atoms in total. The Morgan fingerprint density at radius 2 is 1.60 bits per heavy atom. The lowest BCUT2D eigenvalue weighted by molar-refractivity contribution is 0.0636. The van der Waals surface area contributed by atoms with Crippen LogP contribution in [-0.4, -0.2) is 5.11 Å². The Morgan fingerprint density at radius 1 is 0.950 bits per heavy atom. The molecule has 0 saturated carbocycles. The summed E-state index contributed by atoms with van der Waals surface area (Å²) in [7, 11) is 0. The topological polar surface area (TPSA) is 29.5 Å². The molecule has 3 rings (SSSR count). The van der Waals surface area contributed by atoms with Crippen molar-refractivity contribution in [3.8, 4) is 5.75 Å². The van der Waals surface area contributed by atoms with Gasteiger partial charge in [0.2, 0.25) is 0 Å². The number of hydrogen-bond acceptors (Lipinski definition) is 2. The zero-order chi connectivity index (χ0) is 14.3. The number of aliphatic hydroxyl groups excluding tert-OH is 1. The number of rotatable bonds is 1. The summed E-state index contributed by atoms with van der Waals surface area (Å²) in [6.07, 6.45) is -1.53. The molecule has 2 atom stereocenters. The van der Waals surface area contributed by atoms with Crippen molar-refractivity contribution in [2.45, 2.75) is 18.6 Å². The second kappa shape index (κ2) is 4.83. The quantitative estimate of drug-likeness (QED) is 0.863. The maximum atomic E-state index is 13.7. The van der Waals surface area contributed by atoms with Gasteiger partial charge >= 0.3 is 0 Å². The van der Waals surface area contributed by atoms with E-state index in [-0.39, 0.29) is 17.7 Å². The number of aliphatic hydroxyl groups is 1. The second-order valence-corrected chi connectivity index (χ2v) is 4.71. The Balaban J connectivity index is 1.98. The lowest BCUT2D eigenvalue weighted by Crippen LogP contribution is -2.20. The van der Waals surface area contributed by atoms with Gasteiger partial charge in [0.15, 0.2) is 0 Å². The molecule has 0 spiro atoms. The molecule has 1 heterocycles. The lowest BCUT2D eigenvalue weighted by atomic mass is 9.94. The summed E-state index contributed by atoms with van der Waals surface area (Å²) in [6.45, 7) is 0. The molecule has 2 aromatic rings. The second-order valence-electron chi connectivity index (χ2n) is 4.71. The number of halogens is 3. The highest BCUT2D eigenvalue weighted by molar-refractivity contribution is 5.39. The third-order valence-corrected chi connectivity index (χ3v) is 3.35. The number of fused-ring (bicyclic) bond motifs is 1. The van der Waals surface area contributed by atoms with Crippen molar-refractivity contribution in [2.75, 3.05) is 0 Å². The van der Waals surface area contributed by atoms with Crippen molar-refractivity contribution in [3.05, 3.63) is 65.0 Å². The van der Waals surface area contributed by atoms with Gasteiger partial charge in [-0.2, -0.15) is 0 Å². The van der Waals surface area contributed by atoms with E-state index < -0.39 is 29.7 Å². The van der Waals surface area contributed by atoms with E-state index in [1.165, 1.54) is 18.2 Å². The molecule has 1 aliphatic heterocycles. The smallest absolute Gasteiger partial charge is 0.133 e. The molecule has 0 aromatic heterocycles. The zero-order valence-electron chi connectivity index (χ0n) is 10.3. The maximum absolute atomic E-state index is 13.7. The SMILES string of the molecule is O[C@H]1CC(c2ccc(F)cc2F)Oc2cc(F)ccc21. The summed E-state index contributed by atoms with van der Waals surface area (Å²) in [5.41, 5.74) is 0.602. The molecule has 1 N–H and O–H groups in total. The van der Waals surface area contributed by atoms with Crippen LogP contribution in [0.15, 0.2) is 36.4 Å². The van der Waals surface area contributed by atoms with Gasteiger partial charge in [-0.05, 0) is 24.3 Å². The summed E-state index contributed by atoms with van der Waals surface area (Å²) in [5, 5.41) is 10.0. The normalized spacial score (nSPS) is 21.2. The maximum Gasteiger partial charge on any atom is 0.133 e. The first kappa shape index (κ1) is 13.0. The van der Waals surface area contributed by atoms with Gasteiger partial charge < -0.3 is 9.84 Å². The van der Waals surface area contributed by atoms with Crippen molar-refractivity contribution in [1.29, 1.82) is 0 Å². The third kappa shape index (κ3) is 2.25. The van der Waals surface area contributed by atoms with Gasteiger partial charge in [-0.15, -0.1) is 0 Å². The molecule has 0 radical (unpaired) electrons. The molecular formula is C15H11F3O2. The van der Waals surface area contributed by atoms with Crippen LogP contribution in [0.2, 0.25) is 0 Å². The standard InChI is InChI=1S/C15H11F3O2/c16-8-1-3-10(12(18)5-8)15-7-13(19)11-4-2-9(17)6-14(11)20-15/h1-6,13,15,19H,7H2/t13-,15?/m0/s1. The van der Waals surface area contributed by atoms with E-state index in [0.29, 0.717) is 5.56 Å². The predicted octanol–water partition coefficient (Wildman–Crippen LogP) is 3.66. The average Bonchev–Trinajstić information content (AvgIpc) is 2.37. The molecule has 20 heavy (non-hydrogen) atoms. The van der Waals surface area contributed by atoms with Crippen LogP contribution in [0.3, 0.4) is 0 Å². The summed E-state index contributed by atoms with van der Waals surface area (Å²) < 4.78 is 45.4. The Morgan fingerprint density at radius 3 is 2.30 bits per heavy atom. The van der Waals surface area contributed by atoms with Crippen molar-refractivity contribution < 1.29 is 23.0 Å². The Bertz CT molecular complexity index is 658. The first-order valence-corrected chi connectivity index (χ1v) is 6.13. The van der Waals surface area contributed by atoms with Crippen LogP contribution in [0.4, 0.5) is 13.2 Å². The average molecular weight is 280 g/mol. The van der Waals surface area contributed by atoms with Gasteiger partial charge in [-0.3, -0.25) is 0 Å². The van der Waals surface area contributed by atoms with Crippen LogP contribution in [0.25, 0.3) is 0 Å². The van der Waals surface area contributed by atoms with Crippen molar-refractivity contribution in [1.82, 2.24) is 0 Å². The molecule has 104 valence electrons. The van der Waals surface area contributed by atoms with Gasteiger partial charge in [-0.25, -0.2) is 13.2 Å². The van der Waals surface area contributed by atoms with Gasteiger partial charge in [-0.1, -0.05) is 0 Å². The molecule has 2 aromatic carbocycles. The van der Waals surface area contributed by atoms with Gasteiger partial charge in [0.25, 0.3) is 0 Å². The summed E-state index contributed by atoms with van der Waals surface area (Å²) in [5.74, 6) is -1.76. The lowest BCUT2D eigenvalue weighted by Gasteiger charge is -2.30. The molecule has 1 unspecified atom stereocenters. The minimum atomic E-state index is -0.881. The van der Waals surface area contributed by atoms with Crippen LogP contribution in [0.1, 0.15) is 29.8 Å². The fourth-order valence-corrected chi connectivity index (χ4v) is 2.37. The minimum absolute atomic E-state index is 0.126. The highest BCUT2D eigenvalue weighted by Gasteiger charge is 2.30. The number of hydrogen-bond donors (Lipinski definition) is 1. The molecule has 0 aliphatic carbocycles. The monoisotopic (exact) mass is 280 g/mol. The van der Waals surface area contributed by atoms with Crippen molar-refractivity contribution in [3.63, 3.8) is 0 Å². The first-order chi connectivity index (χ1) is 9.54. The molecule has 1 aliphatic rings. The fourth-order valence-electron chi connectivity index (χ4n) is 2.37. The zero-order valence-corrected chi connectivity index (χ0v) is 10.3. The van der Waals surface area contributed by atoms with Crippen LogP contribution in [-0.2, 0) is 0 Å². The van der Waals surface area contributed by atoms with E-state index in [0.717, 1.165) is 18.2 Å². The van der Waals surface area contributed by atoms with Crippen molar-refractivity contribution in [2.24, 2.45) is 0 Å². The van der Waals surface area contributed by atoms with E-state index in [2.05, 4.69) is 0 Å². The summed E-state index contributed by atoms with van der Waals surface area (Å²) in [4.78, 5) is 0. The molecule has 0 fully saturated rings. The largest absolute Gasteiger partial charge is 0.485 e. The first-order valence-electron chi connectivity index (χ1n) is 6.13. The Kier molecular flexibility index (Phi) is 3.14. The van der Waals surface area contributed by atoms with Crippen LogP contribution < -0.4 is 4.74 Å². The molecule has 0 saturated heterocycles. The van der Waals surface area contributed by atoms with E-state index in [1.807, 2.05) is 0 Å². The van der Waals surface area contributed by atoms with E-state index in [1.54, 1.807) is 0 Å². The molecule has 0 amide bonds. The molecular weight excluding hydrogens is 269 g/mol. The fraction of sp³-hybridized carbons (Fsp3) is 0.200. The van der Waals surface area contributed by atoms with E-state index in [9.17, 15) is 18.3 Å². The molecule has 5 heteroatoms. The Labute approximate surface area is 113 Å². The number of ether oxygens (including phenoxy) is 1. The minimum Gasteiger partial charge on any atom is -0.485 e. The summed E-state index contributed by atoms with van der Waals surface area (Å²) >= 11 is 0. The van der Waals surface area contributed by atoms with Crippen LogP contribution in [0.5, 0.6) is 5.75 Å². The van der Waals surface area contributed by atoms with Gasteiger partial charge in [0, 0.05) is 29.7 Å². The van der Waals surface area contributed by atoms with Crippen molar-refractivity contribution >= 4 is 0 Å².